The third-order valence-corrected chi connectivity index (χ3v) is 7.57. The predicted octanol–water partition coefficient (Wildman–Crippen LogP) is 4.15. The molecule has 0 spiro atoms. The van der Waals surface area contributed by atoms with Crippen molar-refractivity contribution in [1.29, 1.82) is 0 Å². The summed E-state index contributed by atoms with van der Waals surface area (Å²) in [7, 11) is 0. The molecule has 5 nitrogen and oxygen atoms in total. The average Bonchev–Trinajstić information content (AvgIpc) is 2.84. The standard InChI is InChI=1S/C26H31BrN2O3/c1-25(2,20-6-4-3-5-7-20)23(30)28-14-16-29(17-15-28)24(31)26(12-18-32-19-13-26)21-8-10-22(27)11-9-21/h3-11H,12-19H2,1-2H3. The average molecular weight is 499 g/mol. The first-order valence-corrected chi connectivity index (χ1v) is 12.1. The SMILES string of the molecule is CC(C)(C(=O)N1CCN(C(=O)C2(c3ccc(Br)cc3)CCOCC2)CC1)c1ccccc1. The maximum absolute atomic E-state index is 13.8. The monoisotopic (exact) mass is 498 g/mol. The van der Waals surface area contributed by atoms with Crippen molar-refractivity contribution in [3.63, 3.8) is 0 Å². The Labute approximate surface area is 198 Å². The Morgan fingerprint density at radius 2 is 1.44 bits per heavy atom. The molecule has 0 aromatic heterocycles. The summed E-state index contributed by atoms with van der Waals surface area (Å²) in [5, 5.41) is 0. The van der Waals surface area contributed by atoms with E-state index < -0.39 is 10.8 Å². The fourth-order valence-corrected chi connectivity index (χ4v) is 5.17. The smallest absolute Gasteiger partial charge is 0.233 e. The summed E-state index contributed by atoms with van der Waals surface area (Å²) in [4.78, 5) is 31.0. The van der Waals surface area contributed by atoms with Gasteiger partial charge in [0, 0.05) is 43.9 Å². The van der Waals surface area contributed by atoms with E-state index in [9.17, 15) is 9.59 Å². The fourth-order valence-electron chi connectivity index (χ4n) is 4.90. The summed E-state index contributed by atoms with van der Waals surface area (Å²) in [6.07, 6.45) is 1.38. The lowest BCUT2D eigenvalue weighted by Gasteiger charge is -2.44. The van der Waals surface area contributed by atoms with Gasteiger partial charge < -0.3 is 14.5 Å². The van der Waals surface area contributed by atoms with Crippen molar-refractivity contribution in [2.75, 3.05) is 39.4 Å². The van der Waals surface area contributed by atoms with E-state index in [2.05, 4.69) is 28.1 Å². The zero-order valence-corrected chi connectivity index (χ0v) is 20.4. The van der Waals surface area contributed by atoms with Crippen LogP contribution >= 0.6 is 15.9 Å². The van der Waals surface area contributed by atoms with Crippen LogP contribution in [0, 0.1) is 0 Å². The molecule has 0 radical (unpaired) electrons. The van der Waals surface area contributed by atoms with Gasteiger partial charge in [-0.15, -0.1) is 0 Å². The lowest BCUT2D eigenvalue weighted by atomic mass is 9.73. The summed E-state index contributed by atoms with van der Waals surface area (Å²) in [6.45, 7) is 7.39. The molecule has 32 heavy (non-hydrogen) atoms. The Morgan fingerprint density at radius 3 is 2.03 bits per heavy atom. The zero-order valence-electron chi connectivity index (χ0n) is 18.9. The number of amides is 2. The van der Waals surface area contributed by atoms with Gasteiger partial charge in [0.05, 0.1) is 10.8 Å². The molecule has 0 bridgehead atoms. The van der Waals surface area contributed by atoms with Gasteiger partial charge in [-0.2, -0.15) is 0 Å². The van der Waals surface area contributed by atoms with Crippen LogP contribution in [0.4, 0.5) is 0 Å². The number of nitrogens with zero attached hydrogens (tertiary/aromatic N) is 2. The van der Waals surface area contributed by atoms with Crippen molar-refractivity contribution in [3.05, 3.63) is 70.2 Å². The van der Waals surface area contributed by atoms with Crippen LogP contribution in [0.25, 0.3) is 0 Å². The Balaban J connectivity index is 1.47. The molecule has 2 aromatic rings. The first-order valence-electron chi connectivity index (χ1n) is 11.3. The van der Waals surface area contributed by atoms with Gasteiger partial charge in [0.1, 0.15) is 0 Å². The van der Waals surface area contributed by atoms with E-state index in [0.717, 1.165) is 15.6 Å². The number of carbonyl (C=O) groups is 2. The minimum absolute atomic E-state index is 0.115. The highest BCUT2D eigenvalue weighted by Gasteiger charge is 2.45. The number of halogens is 1. The molecule has 2 aromatic carbocycles. The van der Waals surface area contributed by atoms with Crippen LogP contribution in [0.1, 0.15) is 37.8 Å². The van der Waals surface area contributed by atoms with Gasteiger partial charge in [-0.3, -0.25) is 9.59 Å². The highest BCUT2D eigenvalue weighted by Crippen LogP contribution is 2.38. The van der Waals surface area contributed by atoms with E-state index in [0.29, 0.717) is 52.2 Å². The molecular formula is C26H31BrN2O3. The van der Waals surface area contributed by atoms with Crippen LogP contribution in [0.15, 0.2) is 59.1 Å². The Morgan fingerprint density at radius 1 is 0.875 bits per heavy atom. The second kappa shape index (κ2) is 9.36. The van der Waals surface area contributed by atoms with E-state index in [1.807, 2.05) is 66.1 Å². The number of hydrogen-bond donors (Lipinski definition) is 0. The molecule has 4 rings (SSSR count). The maximum atomic E-state index is 13.8. The predicted molar refractivity (Wildman–Crippen MR) is 129 cm³/mol. The van der Waals surface area contributed by atoms with E-state index in [4.69, 9.17) is 4.74 Å². The highest BCUT2D eigenvalue weighted by molar-refractivity contribution is 9.10. The molecule has 2 aliphatic rings. The number of benzene rings is 2. The molecular weight excluding hydrogens is 468 g/mol. The summed E-state index contributed by atoms with van der Waals surface area (Å²) < 4.78 is 6.61. The van der Waals surface area contributed by atoms with Crippen LogP contribution in [0.3, 0.4) is 0 Å². The molecule has 2 saturated heterocycles. The second-order valence-electron chi connectivity index (χ2n) is 9.28. The van der Waals surface area contributed by atoms with Crippen LogP contribution in [0.2, 0.25) is 0 Å². The third kappa shape index (κ3) is 4.35. The van der Waals surface area contributed by atoms with Gasteiger partial charge in [0.2, 0.25) is 11.8 Å². The first-order chi connectivity index (χ1) is 15.3. The second-order valence-corrected chi connectivity index (χ2v) is 10.2. The summed E-state index contributed by atoms with van der Waals surface area (Å²) >= 11 is 3.50. The lowest BCUT2D eigenvalue weighted by molar-refractivity contribution is -0.147. The Kier molecular flexibility index (Phi) is 6.72. The molecule has 0 atom stereocenters. The van der Waals surface area contributed by atoms with Crippen LogP contribution in [-0.2, 0) is 25.2 Å². The number of rotatable bonds is 4. The maximum Gasteiger partial charge on any atom is 0.233 e. The number of piperazine rings is 1. The van der Waals surface area contributed by atoms with Crippen molar-refractivity contribution in [3.8, 4) is 0 Å². The van der Waals surface area contributed by atoms with E-state index in [1.54, 1.807) is 0 Å². The van der Waals surface area contributed by atoms with Crippen molar-refractivity contribution < 1.29 is 14.3 Å². The molecule has 2 aliphatic heterocycles. The number of carbonyl (C=O) groups excluding carboxylic acids is 2. The molecule has 170 valence electrons. The molecule has 0 N–H and O–H groups in total. The van der Waals surface area contributed by atoms with Gasteiger partial charge in [0.15, 0.2) is 0 Å². The van der Waals surface area contributed by atoms with Crippen molar-refractivity contribution >= 4 is 27.7 Å². The summed E-state index contributed by atoms with van der Waals surface area (Å²) in [5.41, 5.74) is 0.930. The van der Waals surface area contributed by atoms with E-state index in [1.165, 1.54) is 0 Å². The molecule has 0 saturated carbocycles. The topological polar surface area (TPSA) is 49.9 Å². The van der Waals surface area contributed by atoms with Crippen molar-refractivity contribution in [1.82, 2.24) is 9.80 Å². The Hall–Kier alpha value is -2.18. The number of ether oxygens (including phenoxy) is 1. The van der Waals surface area contributed by atoms with Crippen LogP contribution in [-0.4, -0.2) is 61.0 Å². The summed E-state index contributed by atoms with van der Waals surface area (Å²) in [5.74, 6) is 0.280. The van der Waals surface area contributed by atoms with Gasteiger partial charge in [-0.25, -0.2) is 0 Å². The van der Waals surface area contributed by atoms with Gasteiger partial charge in [-0.1, -0.05) is 58.4 Å². The van der Waals surface area contributed by atoms with Crippen molar-refractivity contribution in [2.24, 2.45) is 0 Å². The van der Waals surface area contributed by atoms with Crippen LogP contribution < -0.4 is 0 Å². The van der Waals surface area contributed by atoms with E-state index in [-0.39, 0.29) is 11.8 Å². The highest BCUT2D eigenvalue weighted by atomic mass is 79.9. The third-order valence-electron chi connectivity index (χ3n) is 7.04. The quantitative estimate of drug-likeness (QED) is 0.636. The van der Waals surface area contributed by atoms with Crippen molar-refractivity contribution in [2.45, 2.75) is 37.5 Å². The largest absolute Gasteiger partial charge is 0.381 e. The molecule has 0 unspecified atom stereocenters. The van der Waals surface area contributed by atoms with Gasteiger partial charge in [-0.05, 0) is 49.9 Å². The first kappa shape index (κ1) is 23.0. The normalized spacial score (nSPS) is 19.0. The lowest BCUT2D eigenvalue weighted by Crippen LogP contribution is -2.58. The Bertz CT molecular complexity index is 945. The molecule has 2 heterocycles. The van der Waals surface area contributed by atoms with Crippen LogP contribution in [0.5, 0.6) is 0 Å². The molecule has 2 amide bonds. The molecule has 0 aliphatic carbocycles. The summed E-state index contributed by atoms with van der Waals surface area (Å²) in [6, 6.07) is 18.0. The van der Waals surface area contributed by atoms with Gasteiger partial charge in [0.25, 0.3) is 0 Å². The minimum Gasteiger partial charge on any atom is -0.381 e. The molecule has 2 fully saturated rings. The zero-order chi connectivity index (χ0) is 22.8. The minimum atomic E-state index is -0.590. The molecule has 6 heteroatoms. The fraction of sp³-hybridized carbons (Fsp3) is 0.462. The van der Waals surface area contributed by atoms with Gasteiger partial charge >= 0.3 is 0 Å². The van der Waals surface area contributed by atoms with E-state index >= 15 is 0 Å². The number of hydrogen-bond acceptors (Lipinski definition) is 3.